The standard InChI is InChI=1S/C19H31N3O2/c1-3-4-5-6-16(2)20-19(24)15-21-11-13-22(14-12-21)17-7-9-18(23)10-8-17/h7-10,16,23H,3-6,11-15H2,1-2H3,(H,20,24)/p+1/t16-/m0/s1. The van der Waals surface area contributed by atoms with Crippen molar-refractivity contribution in [1.29, 1.82) is 0 Å². The molecule has 1 fully saturated rings. The van der Waals surface area contributed by atoms with Gasteiger partial charge in [-0.1, -0.05) is 26.2 Å². The van der Waals surface area contributed by atoms with Crippen molar-refractivity contribution in [3.63, 3.8) is 0 Å². The first kappa shape index (κ1) is 18.6. The average molecular weight is 334 g/mol. The molecule has 24 heavy (non-hydrogen) atoms. The number of nitrogens with one attached hydrogen (secondary N) is 2. The van der Waals surface area contributed by atoms with Gasteiger partial charge in [0.15, 0.2) is 6.54 Å². The Morgan fingerprint density at radius 1 is 1.25 bits per heavy atom. The molecule has 134 valence electrons. The third kappa shape index (κ3) is 6.04. The molecule has 0 unspecified atom stereocenters. The third-order valence-corrected chi connectivity index (χ3v) is 4.74. The highest BCUT2D eigenvalue weighted by molar-refractivity contribution is 5.77. The number of hydrogen-bond acceptors (Lipinski definition) is 3. The van der Waals surface area contributed by atoms with Crippen LogP contribution in [0.5, 0.6) is 5.75 Å². The number of phenolic OH excluding ortho intramolecular Hbond substituents is 1. The van der Waals surface area contributed by atoms with Crippen LogP contribution in [-0.4, -0.2) is 49.8 Å². The number of unbranched alkanes of at least 4 members (excludes halogenated alkanes) is 2. The molecule has 1 amide bonds. The van der Waals surface area contributed by atoms with Crippen LogP contribution in [0.4, 0.5) is 5.69 Å². The van der Waals surface area contributed by atoms with E-state index in [0.717, 1.165) is 38.3 Å². The predicted molar refractivity (Wildman–Crippen MR) is 97.6 cm³/mol. The molecule has 0 saturated carbocycles. The van der Waals surface area contributed by atoms with Crippen LogP contribution in [-0.2, 0) is 4.79 Å². The van der Waals surface area contributed by atoms with Gasteiger partial charge in [0.25, 0.3) is 5.91 Å². The second-order valence-electron chi connectivity index (χ2n) is 6.89. The van der Waals surface area contributed by atoms with E-state index in [0.29, 0.717) is 12.3 Å². The molecular weight excluding hydrogens is 302 g/mol. The van der Waals surface area contributed by atoms with Crippen molar-refractivity contribution in [2.75, 3.05) is 37.6 Å². The summed E-state index contributed by atoms with van der Waals surface area (Å²) in [6.07, 6.45) is 4.72. The van der Waals surface area contributed by atoms with Gasteiger partial charge in [-0.2, -0.15) is 0 Å². The van der Waals surface area contributed by atoms with Crippen LogP contribution in [0.3, 0.4) is 0 Å². The Kier molecular flexibility index (Phi) is 7.37. The van der Waals surface area contributed by atoms with Crippen LogP contribution in [0.2, 0.25) is 0 Å². The summed E-state index contributed by atoms with van der Waals surface area (Å²) in [5.74, 6) is 0.472. The van der Waals surface area contributed by atoms with E-state index in [9.17, 15) is 9.90 Å². The molecule has 3 N–H and O–H groups in total. The first-order valence-electron chi connectivity index (χ1n) is 9.25. The lowest BCUT2D eigenvalue weighted by atomic mass is 10.1. The lowest BCUT2D eigenvalue weighted by Crippen LogP contribution is -3.16. The average Bonchev–Trinajstić information content (AvgIpc) is 2.56. The summed E-state index contributed by atoms with van der Waals surface area (Å²) in [6, 6.07) is 7.63. The number of aromatic hydroxyl groups is 1. The first-order chi connectivity index (χ1) is 11.6. The van der Waals surface area contributed by atoms with E-state index in [1.54, 1.807) is 12.1 Å². The Hall–Kier alpha value is -1.75. The Morgan fingerprint density at radius 3 is 2.54 bits per heavy atom. The molecule has 1 aromatic rings. The molecule has 0 radical (unpaired) electrons. The second kappa shape index (κ2) is 9.52. The van der Waals surface area contributed by atoms with Crippen LogP contribution in [0.1, 0.15) is 39.5 Å². The summed E-state index contributed by atoms with van der Waals surface area (Å²) in [7, 11) is 0. The first-order valence-corrected chi connectivity index (χ1v) is 9.25. The van der Waals surface area contributed by atoms with Crippen LogP contribution in [0.15, 0.2) is 24.3 Å². The topological polar surface area (TPSA) is 57.0 Å². The van der Waals surface area contributed by atoms with Crippen LogP contribution in [0.25, 0.3) is 0 Å². The minimum Gasteiger partial charge on any atom is -0.508 e. The molecule has 0 spiro atoms. The number of quaternary nitrogens is 1. The Bertz CT molecular complexity index is 496. The molecule has 1 saturated heterocycles. The van der Waals surface area contributed by atoms with Gasteiger partial charge in [-0.15, -0.1) is 0 Å². The van der Waals surface area contributed by atoms with Crippen LogP contribution < -0.4 is 15.1 Å². The smallest absolute Gasteiger partial charge is 0.275 e. The monoisotopic (exact) mass is 334 g/mol. The predicted octanol–water partition coefficient (Wildman–Crippen LogP) is 1.18. The molecule has 1 atom stereocenters. The number of amides is 1. The highest BCUT2D eigenvalue weighted by Gasteiger charge is 2.22. The van der Waals surface area contributed by atoms with E-state index in [2.05, 4.69) is 24.1 Å². The molecule has 1 aromatic carbocycles. The number of hydrogen-bond donors (Lipinski definition) is 3. The second-order valence-corrected chi connectivity index (χ2v) is 6.89. The van der Waals surface area contributed by atoms with Gasteiger partial charge < -0.3 is 20.2 Å². The van der Waals surface area contributed by atoms with E-state index in [1.807, 2.05) is 12.1 Å². The maximum absolute atomic E-state index is 12.2. The zero-order valence-electron chi connectivity index (χ0n) is 15.1. The van der Waals surface area contributed by atoms with Crippen molar-refractivity contribution in [2.24, 2.45) is 0 Å². The zero-order chi connectivity index (χ0) is 17.4. The van der Waals surface area contributed by atoms with Gasteiger partial charge in [0.05, 0.1) is 26.2 Å². The van der Waals surface area contributed by atoms with E-state index in [4.69, 9.17) is 0 Å². The Morgan fingerprint density at radius 2 is 1.92 bits per heavy atom. The van der Waals surface area contributed by atoms with Crippen molar-refractivity contribution in [3.8, 4) is 5.75 Å². The van der Waals surface area contributed by atoms with Gasteiger partial charge in [0, 0.05) is 11.7 Å². The molecule has 5 heteroatoms. The molecular formula is C19H32N3O2+. The minimum absolute atomic E-state index is 0.173. The normalized spacial score (nSPS) is 16.8. The van der Waals surface area contributed by atoms with Crippen molar-refractivity contribution < 1.29 is 14.8 Å². The largest absolute Gasteiger partial charge is 0.508 e. The number of benzene rings is 1. The molecule has 2 rings (SSSR count). The van der Waals surface area contributed by atoms with Gasteiger partial charge in [-0.25, -0.2) is 0 Å². The highest BCUT2D eigenvalue weighted by Crippen LogP contribution is 2.18. The van der Waals surface area contributed by atoms with E-state index in [-0.39, 0.29) is 11.9 Å². The maximum Gasteiger partial charge on any atom is 0.275 e. The fourth-order valence-electron chi connectivity index (χ4n) is 3.25. The Balaban J connectivity index is 1.68. The quantitative estimate of drug-likeness (QED) is 0.626. The summed E-state index contributed by atoms with van der Waals surface area (Å²) in [5, 5.41) is 12.5. The number of phenols is 1. The van der Waals surface area contributed by atoms with Gasteiger partial charge in [0.1, 0.15) is 5.75 Å². The molecule has 1 aliphatic heterocycles. The fraction of sp³-hybridized carbons (Fsp3) is 0.632. The number of carbonyl (C=O) groups excluding carboxylic acids is 1. The number of carbonyl (C=O) groups is 1. The lowest BCUT2D eigenvalue weighted by Gasteiger charge is -2.33. The number of piperazine rings is 1. The zero-order valence-corrected chi connectivity index (χ0v) is 15.1. The molecule has 1 aliphatic rings. The fourth-order valence-corrected chi connectivity index (χ4v) is 3.25. The SMILES string of the molecule is CCCCC[C@H](C)NC(=O)C[NH+]1CCN(c2ccc(O)cc2)CC1. The van der Waals surface area contributed by atoms with Crippen molar-refractivity contribution in [1.82, 2.24) is 5.32 Å². The van der Waals surface area contributed by atoms with E-state index >= 15 is 0 Å². The Labute approximate surface area is 145 Å². The summed E-state index contributed by atoms with van der Waals surface area (Å²) in [5.41, 5.74) is 1.14. The van der Waals surface area contributed by atoms with Crippen molar-refractivity contribution >= 4 is 11.6 Å². The van der Waals surface area contributed by atoms with Gasteiger partial charge in [-0.05, 0) is 37.6 Å². The molecule has 0 aromatic heterocycles. The number of nitrogens with zero attached hydrogens (tertiary/aromatic N) is 1. The molecule has 0 bridgehead atoms. The minimum atomic E-state index is 0.173. The molecule has 0 aliphatic carbocycles. The van der Waals surface area contributed by atoms with Crippen molar-refractivity contribution in [2.45, 2.75) is 45.6 Å². The highest BCUT2D eigenvalue weighted by atomic mass is 16.3. The van der Waals surface area contributed by atoms with Gasteiger partial charge >= 0.3 is 0 Å². The third-order valence-electron chi connectivity index (χ3n) is 4.74. The summed E-state index contributed by atoms with van der Waals surface area (Å²) >= 11 is 0. The maximum atomic E-state index is 12.2. The van der Waals surface area contributed by atoms with Crippen molar-refractivity contribution in [3.05, 3.63) is 24.3 Å². The lowest BCUT2D eigenvalue weighted by molar-refractivity contribution is -0.892. The summed E-state index contributed by atoms with van der Waals surface area (Å²) < 4.78 is 0. The molecule has 5 nitrogen and oxygen atoms in total. The molecule has 1 heterocycles. The summed E-state index contributed by atoms with van der Waals surface area (Å²) in [6.45, 7) is 8.70. The van der Waals surface area contributed by atoms with Gasteiger partial charge in [-0.3, -0.25) is 4.79 Å². The van der Waals surface area contributed by atoms with Gasteiger partial charge in [0.2, 0.25) is 0 Å². The number of rotatable bonds is 8. The van der Waals surface area contributed by atoms with E-state index in [1.165, 1.54) is 24.2 Å². The van der Waals surface area contributed by atoms with Crippen LogP contribution in [0, 0.1) is 0 Å². The number of anilines is 1. The van der Waals surface area contributed by atoms with E-state index < -0.39 is 0 Å². The summed E-state index contributed by atoms with van der Waals surface area (Å²) in [4.78, 5) is 15.8. The van der Waals surface area contributed by atoms with Crippen LogP contribution >= 0.6 is 0 Å².